The van der Waals surface area contributed by atoms with Crippen LogP contribution in [0.25, 0.3) is 5.69 Å². The van der Waals surface area contributed by atoms with Gasteiger partial charge in [-0.1, -0.05) is 48.5 Å². The molecule has 0 unspecified atom stereocenters. The van der Waals surface area contributed by atoms with Crippen LogP contribution in [-0.2, 0) is 24.3 Å². The molecule has 1 amide bonds. The fraction of sp³-hybridized carbons (Fsp3) is 0.143. The van der Waals surface area contributed by atoms with Crippen molar-refractivity contribution < 1.29 is 14.3 Å². The Balaban J connectivity index is 1.35. The molecule has 0 spiro atoms. The van der Waals surface area contributed by atoms with Crippen molar-refractivity contribution in [3.8, 4) is 23.3 Å². The molecule has 3 aromatic carbocycles. The highest BCUT2D eigenvalue weighted by Crippen LogP contribution is 2.34. The highest BCUT2D eigenvalue weighted by atomic mass is 16.6. The lowest BCUT2D eigenvalue weighted by atomic mass is 10.1. The third-order valence-corrected chi connectivity index (χ3v) is 6.03. The zero-order valence-electron chi connectivity index (χ0n) is 19.1. The van der Waals surface area contributed by atoms with Crippen molar-refractivity contribution in [1.29, 1.82) is 5.26 Å². The second-order valence-electron chi connectivity index (χ2n) is 8.26. The molecule has 0 atom stereocenters. The molecule has 0 radical (unpaired) electrons. The van der Waals surface area contributed by atoms with Gasteiger partial charge >= 0.3 is 6.09 Å². The maximum atomic E-state index is 12.7. The van der Waals surface area contributed by atoms with E-state index in [4.69, 9.17) is 15.2 Å². The Morgan fingerprint density at radius 1 is 0.943 bits per heavy atom. The van der Waals surface area contributed by atoms with E-state index in [2.05, 4.69) is 6.07 Å². The van der Waals surface area contributed by atoms with Crippen LogP contribution in [0.5, 0.6) is 11.5 Å². The van der Waals surface area contributed by atoms with Gasteiger partial charge in [0, 0.05) is 29.9 Å². The smallest absolute Gasteiger partial charge is 0.410 e. The Morgan fingerprint density at radius 3 is 2.29 bits per heavy atom. The summed E-state index contributed by atoms with van der Waals surface area (Å²) in [5, 5.41) is 9.86. The third kappa shape index (κ3) is 4.55. The molecule has 174 valence electrons. The Labute approximate surface area is 203 Å². The van der Waals surface area contributed by atoms with E-state index in [9.17, 15) is 10.1 Å². The predicted molar refractivity (Wildman–Crippen MR) is 132 cm³/mol. The van der Waals surface area contributed by atoms with Crippen LogP contribution in [0.4, 0.5) is 10.5 Å². The number of nitriles is 1. The van der Waals surface area contributed by atoms with Gasteiger partial charge in [0.25, 0.3) is 0 Å². The van der Waals surface area contributed by atoms with Gasteiger partial charge in [-0.3, -0.25) is 0 Å². The highest BCUT2D eigenvalue weighted by Gasteiger charge is 2.30. The average Bonchev–Trinajstić information content (AvgIpc) is 3.19. The van der Waals surface area contributed by atoms with Crippen molar-refractivity contribution in [3.05, 3.63) is 107 Å². The van der Waals surface area contributed by atoms with E-state index in [0.717, 1.165) is 28.3 Å². The van der Waals surface area contributed by atoms with Crippen LogP contribution < -0.4 is 10.5 Å². The first-order valence-electron chi connectivity index (χ1n) is 11.3. The molecule has 0 saturated heterocycles. The van der Waals surface area contributed by atoms with Crippen molar-refractivity contribution in [2.24, 2.45) is 0 Å². The van der Waals surface area contributed by atoms with Crippen LogP contribution >= 0.6 is 0 Å². The summed E-state index contributed by atoms with van der Waals surface area (Å²) in [4.78, 5) is 14.3. The van der Waals surface area contributed by atoms with Crippen LogP contribution in [0, 0.1) is 11.3 Å². The maximum Gasteiger partial charge on any atom is 0.410 e. The van der Waals surface area contributed by atoms with Gasteiger partial charge in [0.2, 0.25) is 0 Å². The molecule has 0 aliphatic carbocycles. The molecule has 1 aliphatic rings. The zero-order valence-corrected chi connectivity index (χ0v) is 19.1. The van der Waals surface area contributed by atoms with Gasteiger partial charge < -0.3 is 24.7 Å². The summed E-state index contributed by atoms with van der Waals surface area (Å²) in [6.45, 7) is 0.982. The minimum absolute atomic E-state index is 0.209. The lowest BCUT2D eigenvalue weighted by Gasteiger charge is -2.27. The van der Waals surface area contributed by atoms with Gasteiger partial charge in [0.15, 0.2) is 0 Å². The lowest BCUT2D eigenvalue weighted by Crippen LogP contribution is -2.36. The monoisotopic (exact) mass is 464 g/mol. The summed E-state index contributed by atoms with van der Waals surface area (Å²) >= 11 is 0. The predicted octanol–water partition coefficient (Wildman–Crippen LogP) is 5.42. The average molecular weight is 465 g/mol. The van der Waals surface area contributed by atoms with Crippen molar-refractivity contribution >= 4 is 11.8 Å². The van der Waals surface area contributed by atoms with E-state index in [1.54, 1.807) is 4.90 Å². The minimum atomic E-state index is -0.396. The van der Waals surface area contributed by atoms with E-state index in [1.165, 1.54) is 0 Å². The molecule has 0 bridgehead atoms. The highest BCUT2D eigenvalue weighted by molar-refractivity contribution is 5.71. The molecular formula is C28H24N4O3. The summed E-state index contributed by atoms with van der Waals surface area (Å²) < 4.78 is 13.3. The number of para-hydroxylation sites is 1. The van der Waals surface area contributed by atoms with Crippen molar-refractivity contribution in [1.82, 2.24) is 9.47 Å². The standard InChI is InChI=1S/C28H24N4O3/c29-17-26-27(30)24-18-31(28(33)34-19-20-7-3-1-4-8-20)16-15-25(24)32(26)21-11-13-23(14-12-21)35-22-9-5-2-6-10-22/h1-14H,15-16,18-19,30H2. The molecule has 1 aromatic heterocycles. The summed E-state index contributed by atoms with van der Waals surface area (Å²) in [6.07, 6.45) is 0.164. The number of aromatic nitrogens is 1. The summed E-state index contributed by atoms with van der Waals surface area (Å²) in [5.41, 5.74) is 10.6. The van der Waals surface area contributed by atoms with Crippen LogP contribution in [0.15, 0.2) is 84.9 Å². The Morgan fingerprint density at radius 2 is 1.60 bits per heavy atom. The van der Waals surface area contributed by atoms with Crippen molar-refractivity contribution in [3.63, 3.8) is 0 Å². The Bertz CT molecular complexity index is 1370. The molecule has 7 heteroatoms. The number of ether oxygens (including phenoxy) is 2. The number of fused-ring (bicyclic) bond motifs is 1. The maximum absolute atomic E-state index is 12.7. The van der Waals surface area contributed by atoms with Crippen molar-refractivity contribution in [2.75, 3.05) is 12.3 Å². The number of nitrogens with zero attached hydrogens (tertiary/aromatic N) is 3. The summed E-state index contributed by atoms with van der Waals surface area (Å²) in [5.74, 6) is 1.44. The Hall–Kier alpha value is -4.70. The Kier molecular flexibility index (Phi) is 6.10. The SMILES string of the molecule is N#Cc1c(N)c2c(n1-c1ccc(Oc3ccccc3)cc1)CCN(C(=O)OCc1ccccc1)C2. The van der Waals surface area contributed by atoms with Gasteiger partial charge in [0.05, 0.1) is 12.2 Å². The number of rotatable bonds is 5. The number of nitrogens with two attached hydrogens (primary N) is 1. The third-order valence-electron chi connectivity index (χ3n) is 6.03. The molecule has 2 heterocycles. The number of hydrogen-bond donors (Lipinski definition) is 1. The first kappa shape index (κ1) is 22.1. The molecular weight excluding hydrogens is 440 g/mol. The van der Waals surface area contributed by atoms with E-state index in [1.807, 2.05) is 89.5 Å². The fourth-order valence-electron chi connectivity index (χ4n) is 4.29. The minimum Gasteiger partial charge on any atom is -0.457 e. The fourth-order valence-corrected chi connectivity index (χ4v) is 4.29. The number of anilines is 1. The second kappa shape index (κ2) is 9.65. The molecule has 0 fully saturated rings. The number of hydrogen-bond acceptors (Lipinski definition) is 5. The molecule has 35 heavy (non-hydrogen) atoms. The summed E-state index contributed by atoms with van der Waals surface area (Å²) in [6, 6.07) is 28.9. The van der Waals surface area contributed by atoms with Crippen molar-refractivity contribution in [2.45, 2.75) is 19.6 Å². The van der Waals surface area contributed by atoms with Gasteiger partial charge in [-0.2, -0.15) is 5.26 Å². The second-order valence-corrected chi connectivity index (χ2v) is 8.26. The van der Waals surface area contributed by atoms with Gasteiger partial charge in [0.1, 0.15) is 29.9 Å². The molecule has 0 saturated carbocycles. The zero-order chi connectivity index (χ0) is 24.2. The number of carbonyl (C=O) groups excluding carboxylic acids is 1. The van der Waals surface area contributed by atoms with E-state index >= 15 is 0 Å². The van der Waals surface area contributed by atoms with Crippen LogP contribution in [-0.4, -0.2) is 22.1 Å². The van der Waals surface area contributed by atoms with Crippen LogP contribution in [0.3, 0.4) is 0 Å². The number of nitrogen functional groups attached to an aromatic ring is 1. The number of amides is 1. The topological polar surface area (TPSA) is 93.5 Å². The molecule has 2 N–H and O–H groups in total. The van der Waals surface area contributed by atoms with Crippen LogP contribution in [0.1, 0.15) is 22.5 Å². The quantitative estimate of drug-likeness (QED) is 0.426. The van der Waals surface area contributed by atoms with Crippen LogP contribution in [0.2, 0.25) is 0 Å². The molecule has 4 aromatic rings. The number of benzene rings is 3. The van der Waals surface area contributed by atoms with Gasteiger partial charge in [-0.05, 0) is 42.0 Å². The normalized spacial score (nSPS) is 12.5. The molecule has 7 nitrogen and oxygen atoms in total. The van der Waals surface area contributed by atoms with E-state index < -0.39 is 6.09 Å². The molecule has 1 aliphatic heterocycles. The molecule has 5 rings (SSSR count). The summed E-state index contributed by atoms with van der Waals surface area (Å²) in [7, 11) is 0. The van der Waals surface area contributed by atoms with E-state index in [0.29, 0.717) is 36.6 Å². The largest absolute Gasteiger partial charge is 0.457 e. The lowest BCUT2D eigenvalue weighted by molar-refractivity contribution is 0.0917. The number of carbonyl (C=O) groups is 1. The first-order chi connectivity index (χ1) is 17.1. The van der Waals surface area contributed by atoms with Gasteiger partial charge in [-0.15, -0.1) is 0 Å². The first-order valence-corrected chi connectivity index (χ1v) is 11.3. The van der Waals surface area contributed by atoms with E-state index in [-0.39, 0.29) is 6.61 Å². The van der Waals surface area contributed by atoms with Gasteiger partial charge in [-0.25, -0.2) is 4.79 Å².